The lowest BCUT2D eigenvalue weighted by Crippen LogP contribution is -2.36. The molecule has 0 atom stereocenters. The number of nitrogens with zero attached hydrogens (tertiary/aromatic N) is 2. The first-order valence-corrected chi connectivity index (χ1v) is 9.41. The number of anilines is 1. The van der Waals surface area contributed by atoms with Crippen LogP contribution in [0, 0.1) is 10.1 Å². The summed E-state index contributed by atoms with van der Waals surface area (Å²) in [6, 6.07) is 10.6. The molecule has 0 saturated carbocycles. The molecule has 2 aromatic carbocycles. The van der Waals surface area contributed by atoms with Crippen LogP contribution in [0.2, 0.25) is 0 Å². The number of non-ortho nitro benzene ring substituents is 1. The van der Waals surface area contributed by atoms with E-state index in [2.05, 4.69) is 11.3 Å². The van der Waals surface area contributed by atoms with Gasteiger partial charge in [0, 0.05) is 18.2 Å². The summed E-state index contributed by atoms with van der Waals surface area (Å²) in [4.78, 5) is 21.8. The number of hydrogen-bond donors (Lipinski definition) is 0. The average molecular weight is 406 g/mol. The lowest BCUT2D eigenvalue weighted by atomic mass is 10.3. The Bertz CT molecular complexity index is 989. The van der Waals surface area contributed by atoms with Gasteiger partial charge in [-0.15, -0.1) is 0 Å². The smallest absolute Gasteiger partial charge is 0.326 e. The van der Waals surface area contributed by atoms with Gasteiger partial charge >= 0.3 is 5.97 Å². The van der Waals surface area contributed by atoms with Gasteiger partial charge in [0.25, 0.3) is 15.7 Å². The second-order valence-electron chi connectivity index (χ2n) is 5.44. The van der Waals surface area contributed by atoms with Crippen molar-refractivity contribution in [2.45, 2.75) is 4.90 Å². The fourth-order valence-electron chi connectivity index (χ4n) is 2.27. The van der Waals surface area contributed by atoms with Crippen LogP contribution in [0.3, 0.4) is 0 Å². The summed E-state index contributed by atoms with van der Waals surface area (Å²) in [5.41, 5.74) is -0.249. The van der Waals surface area contributed by atoms with Crippen LogP contribution in [-0.4, -0.2) is 39.6 Å². The van der Waals surface area contributed by atoms with E-state index in [1.807, 2.05) is 0 Å². The lowest BCUT2D eigenvalue weighted by Gasteiger charge is -2.23. The molecule has 0 fully saturated rings. The molecule has 9 nitrogen and oxygen atoms in total. The Hall–Kier alpha value is -3.40. The standard InChI is InChI=1S/C18H18N2O7S/c1-3-10-27-16-8-4-6-14(11-16)19(13-18(21)26-2)28(24,25)17-9-5-7-15(12-17)20(22)23/h3-9,11-12H,1,10,13H2,2H3. The second-order valence-corrected chi connectivity index (χ2v) is 7.30. The average Bonchev–Trinajstić information content (AvgIpc) is 2.70. The third kappa shape index (κ3) is 4.86. The molecular weight excluding hydrogens is 388 g/mol. The molecule has 28 heavy (non-hydrogen) atoms. The van der Waals surface area contributed by atoms with E-state index in [1.54, 1.807) is 12.1 Å². The highest BCUT2D eigenvalue weighted by molar-refractivity contribution is 7.92. The maximum atomic E-state index is 13.1. The van der Waals surface area contributed by atoms with E-state index in [9.17, 15) is 23.3 Å². The van der Waals surface area contributed by atoms with Crippen molar-refractivity contribution in [3.8, 4) is 5.75 Å². The Labute approximate surface area is 162 Å². The minimum absolute atomic E-state index is 0.137. The van der Waals surface area contributed by atoms with E-state index in [1.165, 1.54) is 36.4 Å². The van der Waals surface area contributed by atoms with Gasteiger partial charge in [0.2, 0.25) is 0 Å². The first kappa shape index (κ1) is 20.9. The molecule has 0 aliphatic rings. The van der Waals surface area contributed by atoms with Crippen molar-refractivity contribution in [3.63, 3.8) is 0 Å². The van der Waals surface area contributed by atoms with Gasteiger partial charge in [0.15, 0.2) is 0 Å². The van der Waals surface area contributed by atoms with Gasteiger partial charge in [0.05, 0.1) is 22.6 Å². The molecule has 0 bridgehead atoms. The van der Waals surface area contributed by atoms with Gasteiger partial charge in [0.1, 0.15) is 18.9 Å². The highest BCUT2D eigenvalue weighted by Crippen LogP contribution is 2.28. The van der Waals surface area contributed by atoms with Crippen LogP contribution < -0.4 is 9.04 Å². The molecule has 0 saturated heterocycles. The zero-order chi connectivity index (χ0) is 20.7. The van der Waals surface area contributed by atoms with Gasteiger partial charge in [-0.25, -0.2) is 8.42 Å². The van der Waals surface area contributed by atoms with E-state index < -0.39 is 27.5 Å². The summed E-state index contributed by atoms with van der Waals surface area (Å²) in [6.07, 6.45) is 1.53. The molecule has 0 radical (unpaired) electrons. The molecule has 10 heteroatoms. The zero-order valence-electron chi connectivity index (χ0n) is 15.0. The van der Waals surface area contributed by atoms with Crippen LogP contribution in [0.4, 0.5) is 11.4 Å². The molecule has 0 amide bonds. The molecule has 0 spiro atoms. The quantitative estimate of drug-likeness (QED) is 0.272. The first-order chi connectivity index (χ1) is 13.3. The number of esters is 1. The van der Waals surface area contributed by atoms with Gasteiger partial charge in [-0.1, -0.05) is 24.8 Å². The van der Waals surface area contributed by atoms with Crippen LogP contribution in [-0.2, 0) is 19.6 Å². The third-order valence-corrected chi connectivity index (χ3v) is 5.36. The normalized spacial score (nSPS) is 10.8. The van der Waals surface area contributed by atoms with Crippen molar-refractivity contribution < 1.29 is 27.6 Å². The van der Waals surface area contributed by atoms with Crippen LogP contribution in [0.15, 0.2) is 66.1 Å². The van der Waals surface area contributed by atoms with Crippen LogP contribution in [0.25, 0.3) is 0 Å². The Morgan fingerprint density at radius 3 is 2.61 bits per heavy atom. The van der Waals surface area contributed by atoms with E-state index in [4.69, 9.17) is 4.74 Å². The lowest BCUT2D eigenvalue weighted by molar-refractivity contribution is -0.385. The first-order valence-electron chi connectivity index (χ1n) is 7.97. The number of carbonyl (C=O) groups is 1. The highest BCUT2D eigenvalue weighted by Gasteiger charge is 2.29. The van der Waals surface area contributed by atoms with Crippen LogP contribution >= 0.6 is 0 Å². The number of sulfonamides is 1. The molecule has 2 aromatic rings. The molecule has 148 valence electrons. The number of nitro benzene ring substituents is 1. The van der Waals surface area contributed by atoms with E-state index >= 15 is 0 Å². The second kappa shape index (κ2) is 9.00. The van der Waals surface area contributed by atoms with Crippen molar-refractivity contribution in [1.82, 2.24) is 0 Å². The maximum absolute atomic E-state index is 13.1. The van der Waals surface area contributed by atoms with Crippen LogP contribution in [0.1, 0.15) is 0 Å². The molecule has 2 rings (SSSR count). The number of ether oxygens (including phenoxy) is 2. The van der Waals surface area contributed by atoms with Crippen molar-refractivity contribution in [3.05, 3.63) is 71.3 Å². The largest absolute Gasteiger partial charge is 0.489 e. The Morgan fingerprint density at radius 1 is 1.25 bits per heavy atom. The molecule has 0 aliphatic carbocycles. The molecule has 0 heterocycles. The van der Waals surface area contributed by atoms with E-state index in [-0.39, 0.29) is 22.9 Å². The monoisotopic (exact) mass is 406 g/mol. The SMILES string of the molecule is C=CCOc1cccc(N(CC(=O)OC)S(=O)(=O)c2cccc([N+](=O)[O-])c2)c1. The zero-order valence-corrected chi connectivity index (χ0v) is 15.8. The molecular formula is C18H18N2O7S. The Balaban J connectivity index is 2.53. The summed E-state index contributed by atoms with van der Waals surface area (Å²) in [7, 11) is -3.17. The summed E-state index contributed by atoms with van der Waals surface area (Å²) in [6.45, 7) is 3.13. The van der Waals surface area contributed by atoms with Crippen molar-refractivity contribution >= 4 is 27.4 Å². The third-order valence-electron chi connectivity index (χ3n) is 3.59. The van der Waals surface area contributed by atoms with Gasteiger partial charge in [-0.2, -0.15) is 0 Å². The number of hydrogen-bond acceptors (Lipinski definition) is 7. The van der Waals surface area contributed by atoms with Crippen LogP contribution in [0.5, 0.6) is 5.75 Å². The molecule has 0 aromatic heterocycles. The minimum atomic E-state index is -4.30. The predicted octanol–water partition coefficient (Wildman–Crippen LogP) is 2.53. The van der Waals surface area contributed by atoms with Gasteiger partial charge in [-0.05, 0) is 18.2 Å². The topological polar surface area (TPSA) is 116 Å². The van der Waals surface area contributed by atoms with Crippen molar-refractivity contribution in [2.24, 2.45) is 0 Å². The maximum Gasteiger partial charge on any atom is 0.326 e. The minimum Gasteiger partial charge on any atom is -0.489 e. The Kier molecular flexibility index (Phi) is 6.72. The number of carbonyl (C=O) groups excluding carboxylic acids is 1. The molecule has 0 aliphatic heterocycles. The van der Waals surface area contributed by atoms with Crippen molar-refractivity contribution in [1.29, 1.82) is 0 Å². The number of nitro groups is 1. The highest BCUT2D eigenvalue weighted by atomic mass is 32.2. The summed E-state index contributed by atoms with van der Waals surface area (Å²) in [5.74, 6) is -0.437. The predicted molar refractivity (Wildman–Crippen MR) is 102 cm³/mol. The molecule has 0 unspecified atom stereocenters. The summed E-state index contributed by atoms with van der Waals surface area (Å²) >= 11 is 0. The fraction of sp³-hybridized carbons (Fsp3) is 0.167. The van der Waals surface area contributed by atoms with Crippen molar-refractivity contribution in [2.75, 3.05) is 24.6 Å². The number of rotatable bonds is 9. The summed E-state index contributed by atoms with van der Waals surface area (Å²) < 4.78 is 37.0. The van der Waals surface area contributed by atoms with E-state index in [0.29, 0.717) is 5.75 Å². The molecule has 0 N–H and O–H groups in total. The summed E-state index contributed by atoms with van der Waals surface area (Å²) in [5, 5.41) is 11.0. The van der Waals surface area contributed by atoms with Gasteiger partial charge < -0.3 is 9.47 Å². The number of benzene rings is 2. The van der Waals surface area contributed by atoms with E-state index in [0.717, 1.165) is 17.5 Å². The number of methoxy groups -OCH3 is 1. The van der Waals surface area contributed by atoms with Gasteiger partial charge in [-0.3, -0.25) is 19.2 Å². The fourth-order valence-corrected chi connectivity index (χ4v) is 3.71. The Morgan fingerprint density at radius 2 is 1.96 bits per heavy atom.